The molecule has 5 nitrogen and oxygen atoms in total. The van der Waals surface area contributed by atoms with Crippen molar-refractivity contribution in [1.29, 1.82) is 0 Å². The Bertz CT molecular complexity index is 1220. The third-order valence-electron chi connectivity index (χ3n) is 5.93. The number of hydrogen-bond acceptors (Lipinski definition) is 5. The van der Waals surface area contributed by atoms with Gasteiger partial charge in [0.2, 0.25) is 5.95 Å². The number of aromatic nitrogens is 2. The van der Waals surface area contributed by atoms with E-state index in [1.165, 1.54) is 11.1 Å². The fourth-order valence-electron chi connectivity index (χ4n) is 4.09. The molecule has 1 aromatic heterocycles. The molecular formula is C26H26ClN5. The number of aryl methyl sites for hydroxylation is 1. The molecule has 6 heteroatoms. The van der Waals surface area contributed by atoms with Gasteiger partial charge in [-0.25, -0.2) is 4.98 Å². The molecule has 0 aliphatic carbocycles. The molecular weight excluding hydrogens is 418 g/mol. The lowest BCUT2D eigenvalue weighted by Crippen LogP contribution is -2.47. The van der Waals surface area contributed by atoms with E-state index in [1.54, 1.807) is 0 Å². The predicted octanol–water partition coefficient (Wildman–Crippen LogP) is 5.53. The second-order valence-electron chi connectivity index (χ2n) is 8.15. The van der Waals surface area contributed by atoms with Gasteiger partial charge in [0.15, 0.2) is 0 Å². The summed E-state index contributed by atoms with van der Waals surface area (Å²) in [6.45, 7) is 6.29. The van der Waals surface area contributed by atoms with Gasteiger partial charge in [0.25, 0.3) is 0 Å². The number of anilines is 3. The molecule has 1 N–H and O–H groups in total. The van der Waals surface area contributed by atoms with Gasteiger partial charge in [-0.05, 0) is 36.8 Å². The van der Waals surface area contributed by atoms with Gasteiger partial charge >= 0.3 is 0 Å². The van der Waals surface area contributed by atoms with Crippen LogP contribution in [0.25, 0.3) is 10.9 Å². The molecule has 32 heavy (non-hydrogen) atoms. The first-order valence-electron chi connectivity index (χ1n) is 11.0. The number of hydrogen-bond donors (Lipinski definition) is 1. The van der Waals surface area contributed by atoms with Crippen LogP contribution in [0.3, 0.4) is 0 Å². The second kappa shape index (κ2) is 9.05. The van der Waals surface area contributed by atoms with Crippen LogP contribution in [0.4, 0.5) is 17.5 Å². The summed E-state index contributed by atoms with van der Waals surface area (Å²) in [6, 6.07) is 24.8. The zero-order valence-corrected chi connectivity index (χ0v) is 18.9. The fourth-order valence-corrected chi connectivity index (χ4v) is 4.34. The van der Waals surface area contributed by atoms with Crippen molar-refractivity contribution < 1.29 is 0 Å². The molecule has 0 unspecified atom stereocenters. The largest absolute Gasteiger partial charge is 0.367 e. The fraction of sp³-hybridized carbons (Fsp3) is 0.231. The summed E-state index contributed by atoms with van der Waals surface area (Å²) in [7, 11) is 0. The van der Waals surface area contributed by atoms with Gasteiger partial charge in [-0.1, -0.05) is 65.7 Å². The van der Waals surface area contributed by atoms with E-state index in [-0.39, 0.29) is 0 Å². The summed E-state index contributed by atoms with van der Waals surface area (Å²) in [5.74, 6) is 1.65. The molecule has 0 saturated carbocycles. The molecule has 1 fully saturated rings. The highest BCUT2D eigenvalue weighted by atomic mass is 35.5. The Morgan fingerprint density at radius 3 is 2.28 bits per heavy atom. The Kier molecular flexibility index (Phi) is 5.82. The lowest BCUT2D eigenvalue weighted by molar-refractivity contribution is 0.641. The van der Waals surface area contributed by atoms with Gasteiger partial charge in [-0.3, -0.25) is 0 Å². The van der Waals surface area contributed by atoms with Gasteiger partial charge in [0.05, 0.1) is 16.2 Å². The van der Waals surface area contributed by atoms with Crippen LogP contribution in [-0.2, 0) is 6.54 Å². The molecule has 0 bridgehead atoms. The third-order valence-corrected chi connectivity index (χ3v) is 6.25. The molecule has 1 aliphatic rings. The van der Waals surface area contributed by atoms with Crippen molar-refractivity contribution in [2.45, 2.75) is 13.5 Å². The molecule has 5 rings (SSSR count). The predicted molar refractivity (Wildman–Crippen MR) is 134 cm³/mol. The topological polar surface area (TPSA) is 44.3 Å². The lowest BCUT2D eigenvalue weighted by Gasteiger charge is -2.36. The van der Waals surface area contributed by atoms with Gasteiger partial charge in [0.1, 0.15) is 5.82 Å². The first-order valence-corrected chi connectivity index (χ1v) is 11.4. The monoisotopic (exact) mass is 443 g/mol. The number of fused-ring (bicyclic) bond motifs is 1. The van der Waals surface area contributed by atoms with E-state index in [2.05, 4.69) is 64.5 Å². The van der Waals surface area contributed by atoms with E-state index >= 15 is 0 Å². The minimum absolute atomic E-state index is 0.723. The standard InChI is InChI=1S/C26H26ClN5/c1-19-10-12-20(13-11-19)18-28-25-21-6-2-4-8-23(21)29-26(30-25)32-16-14-31(15-17-32)24-9-5-3-7-22(24)27/h2-13H,14-18H2,1H3,(H,28,29,30). The van der Waals surface area contributed by atoms with Gasteiger partial charge in [-0.15, -0.1) is 0 Å². The van der Waals surface area contributed by atoms with Crippen LogP contribution < -0.4 is 15.1 Å². The van der Waals surface area contributed by atoms with Crippen LogP contribution in [0.1, 0.15) is 11.1 Å². The second-order valence-corrected chi connectivity index (χ2v) is 8.56. The summed E-state index contributed by atoms with van der Waals surface area (Å²) >= 11 is 6.40. The molecule has 2 heterocycles. The summed E-state index contributed by atoms with van der Waals surface area (Å²) in [5, 5.41) is 5.38. The van der Waals surface area contributed by atoms with Gasteiger partial charge in [0, 0.05) is 38.1 Å². The first-order chi connectivity index (χ1) is 15.7. The van der Waals surface area contributed by atoms with Gasteiger partial charge in [-0.2, -0.15) is 4.98 Å². The quantitative estimate of drug-likeness (QED) is 0.439. The number of piperazine rings is 1. The van der Waals surface area contributed by atoms with Crippen LogP contribution in [0.5, 0.6) is 0 Å². The number of nitrogens with one attached hydrogen (secondary N) is 1. The number of halogens is 1. The number of nitrogens with zero attached hydrogens (tertiary/aromatic N) is 4. The van der Waals surface area contributed by atoms with E-state index < -0.39 is 0 Å². The number of benzene rings is 3. The van der Waals surface area contributed by atoms with Crippen LogP contribution >= 0.6 is 11.6 Å². The summed E-state index contributed by atoms with van der Waals surface area (Å²) in [5.41, 5.74) is 4.54. The molecule has 1 saturated heterocycles. The average Bonchev–Trinajstić information content (AvgIpc) is 2.84. The molecule has 1 aliphatic heterocycles. The van der Waals surface area contributed by atoms with Crippen molar-refractivity contribution in [2.24, 2.45) is 0 Å². The highest BCUT2D eigenvalue weighted by Crippen LogP contribution is 2.28. The van der Waals surface area contributed by atoms with E-state index in [0.29, 0.717) is 0 Å². The highest BCUT2D eigenvalue weighted by molar-refractivity contribution is 6.33. The normalized spacial score (nSPS) is 14.1. The molecule has 3 aromatic carbocycles. The van der Waals surface area contributed by atoms with Crippen LogP contribution in [0, 0.1) is 6.92 Å². The highest BCUT2D eigenvalue weighted by Gasteiger charge is 2.21. The number of rotatable bonds is 5. The lowest BCUT2D eigenvalue weighted by atomic mass is 10.1. The zero-order chi connectivity index (χ0) is 21.9. The maximum atomic E-state index is 6.40. The summed E-state index contributed by atoms with van der Waals surface area (Å²) < 4.78 is 0. The Morgan fingerprint density at radius 2 is 1.50 bits per heavy atom. The minimum Gasteiger partial charge on any atom is -0.367 e. The van der Waals surface area contributed by atoms with Crippen molar-refractivity contribution >= 4 is 40.0 Å². The molecule has 162 valence electrons. The summed E-state index contributed by atoms with van der Waals surface area (Å²) in [4.78, 5) is 14.4. The molecule has 0 amide bonds. The molecule has 0 spiro atoms. The van der Waals surface area contributed by atoms with Crippen molar-refractivity contribution in [3.8, 4) is 0 Å². The van der Waals surface area contributed by atoms with Crippen LogP contribution in [-0.4, -0.2) is 36.1 Å². The van der Waals surface area contributed by atoms with Crippen molar-refractivity contribution in [2.75, 3.05) is 41.3 Å². The molecule has 0 radical (unpaired) electrons. The van der Waals surface area contributed by atoms with E-state index in [9.17, 15) is 0 Å². The first kappa shape index (κ1) is 20.6. The molecule has 4 aromatic rings. The van der Waals surface area contributed by atoms with Crippen LogP contribution in [0.15, 0.2) is 72.8 Å². The Balaban J connectivity index is 1.36. The third kappa shape index (κ3) is 4.34. The van der Waals surface area contributed by atoms with Crippen LogP contribution in [0.2, 0.25) is 5.02 Å². The Hall–Kier alpha value is -3.31. The number of para-hydroxylation sites is 2. The van der Waals surface area contributed by atoms with E-state index in [0.717, 1.165) is 66.1 Å². The zero-order valence-electron chi connectivity index (χ0n) is 18.1. The van der Waals surface area contributed by atoms with Crippen molar-refractivity contribution in [3.05, 3.63) is 88.9 Å². The smallest absolute Gasteiger partial charge is 0.228 e. The Morgan fingerprint density at radius 1 is 0.812 bits per heavy atom. The molecule has 0 atom stereocenters. The van der Waals surface area contributed by atoms with Crippen molar-refractivity contribution in [3.63, 3.8) is 0 Å². The van der Waals surface area contributed by atoms with E-state index in [4.69, 9.17) is 21.6 Å². The average molecular weight is 444 g/mol. The Labute approximate surface area is 193 Å². The minimum atomic E-state index is 0.723. The SMILES string of the molecule is Cc1ccc(CNc2nc(N3CCN(c4ccccc4Cl)CC3)nc3ccccc23)cc1. The van der Waals surface area contributed by atoms with Crippen molar-refractivity contribution in [1.82, 2.24) is 9.97 Å². The summed E-state index contributed by atoms with van der Waals surface area (Å²) in [6.07, 6.45) is 0. The van der Waals surface area contributed by atoms with E-state index in [1.807, 2.05) is 30.3 Å². The maximum absolute atomic E-state index is 6.40. The van der Waals surface area contributed by atoms with Gasteiger partial charge < -0.3 is 15.1 Å². The maximum Gasteiger partial charge on any atom is 0.228 e.